The van der Waals surface area contributed by atoms with Crippen LogP contribution < -0.4 is 5.32 Å². The smallest absolute Gasteiger partial charge is 0.323 e. The van der Waals surface area contributed by atoms with Crippen molar-refractivity contribution in [1.29, 1.82) is 0 Å². The Labute approximate surface area is 161 Å². The maximum absolute atomic E-state index is 12.4. The number of nitrogens with one attached hydrogen (secondary N) is 1. The van der Waals surface area contributed by atoms with E-state index in [1.807, 2.05) is 26.9 Å². The molecule has 4 rings (SSSR count). The van der Waals surface area contributed by atoms with Gasteiger partial charge in [0.25, 0.3) is 0 Å². The number of hydrogen-bond acceptors (Lipinski definition) is 6. The van der Waals surface area contributed by atoms with Crippen LogP contribution in [0.15, 0.2) is 23.7 Å². The molecule has 0 bridgehead atoms. The molecule has 3 aromatic rings. The number of rotatable bonds is 2. The molecule has 0 saturated carbocycles. The minimum atomic E-state index is -0.0948. The summed E-state index contributed by atoms with van der Waals surface area (Å²) in [6.45, 7) is 7.78. The first-order valence-corrected chi connectivity index (χ1v) is 9.98. The van der Waals surface area contributed by atoms with Crippen LogP contribution >= 0.6 is 11.3 Å². The lowest BCUT2D eigenvalue weighted by atomic mass is 9.92. The molecule has 27 heavy (non-hydrogen) atoms. The number of thiazole rings is 1. The molecule has 1 saturated heterocycles. The molecule has 0 aromatic carbocycles. The Balaban J connectivity index is 1.47. The summed E-state index contributed by atoms with van der Waals surface area (Å²) < 4.78 is 1.87. The highest BCUT2D eigenvalue weighted by Crippen LogP contribution is 2.28. The maximum Gasteiger partial charge on any atom is 0.323 e. The summed E-state index contributed by atoms with van der Waals surface area (Å²) in [5, 5.41) is 18.8. The number of anilines is 1. The summed E-state index contributed by atoms with van der Waals surface area (Å²) in [6, 6.07) is 3.89. The van der Waals surface area contributed by atoms with Gasteiger partial charge in [-0.05, 0) is 25.0 Å². The van der Waals surface area contributed by atoms with Crippen LogP contribution in [-0.4, -0.2) is 48.8 Å². The van der Waals surface area contributed by atoms with Gasteiger partial charge in [-0.1, -0.05) is 20.8 Å². The second-order valence-corrected chi connectivity index (χ2v) is 8.72. The Hall–Kier alpha value is -2.55. The minimum absolute atomic E-state index is 0.0347. The molecule has 0 atom stereocenters. The summed E-state index contributed by atoms with van der Waals surface area (Å²) in [7, 11) is 0. The van der Waals surface area contributed by atoms with Gasteiger partial charge in [-0.3, -0.25) is 5.32 Å². The number of urea groups is 1. The van der Waals surface area contributed by atoms with Crippen molar-refractivity contribution in [3.8, 4) is 0 Å². The molecule has 3 aromatic heterocycles. The van der Waals surface area contributed by atoms with Crippen LogP contribution in [0.1, 0.15) is 51.0 Å². The molecular weight excluding hydrogens is 362 g/mol. The zero-order valence-electron chi connectivity index (χ0n) is 15.7. The van der Waals surface area contributed by atoms with Crippen LogP contribution in [0.25, 0.3) is 5.65 Å². The van der Waals surface area contributed by atoms with Crippen LogP contribution in [0.2, 0.25) is 0 Å². The van der Waals surface area contributed by atoms with Gasteiger partial charge in [0.05, 0.1) is 5.69 Å². The first-order chi connectivity index (χ1) is 12.9. The molecule has 0 spiro atoms. The van der Waals surface area contributed by atoms with E-state index in [2.05, 4.69) is 41.3 Å². The van der Waals surface area contributed by atoms with E-state index in [0.29, 0.717) is 18.2 Å². The van der Waals surface area contributed by atoms with E-state index in [4.69, 9.17) is 5.10 Å². The molecule has 1 aliphatic rings. The number of nitrogens with zero attached hydrogens (tertiary/aromatic N) is 6. The van der Waals surface area contributed by atoms with Crippen molar-refractivity contribution in [3.05, 3.63) is 35.2 Å². The molecule has 8 nitrogen and oxygen atoms in total. The predicted molar refractivity (Wildman–Crippen MR) is 104 cm³/mol. The van der Waals surface area contributed by atoms with Crippen LogP contribution in [0.5, 0.6) is 0 Å². The number of amides is 2. The van der Waals surface area contributed by atoms with E-state index in [0.717, 1.165) is 30.0 Å². The van der Waals surface area contributed by atoms with E-state index in [1.54, 1.807) is 6.20 Å². The molecule has 0 radical (unpaired) electrons. The lowest BCUT2D eigenvalue weighted by Crippen LogP contribution is -2.40. The quantitative estimate of drug-likeness (QED) is 0.731. The summed E-state index contributed by atoms with van der Waals surface area (Å²) in [5.41, 5.74) is 1.74. The lowest BCUT2D eigenvalue weighted by molar-refractivity contribution is 0.193. The Morgan fingerprint density at radius 3 is 2.67 bits per heavy atom. The van der Waals surface area contributed by atoms with Gasteiger partial charge in [-0.15, -0.1) is 21.5 Å². The molecule has 0 aliphatic carbocycles. The zero-order chi connectivity index (χ0) is 19.0. The fourth-order valence-corrected chi connectivity index (χ4v) is 3.78. The highest BCUT2D eigenvalue weighted by atomic mass is 32.1. The van der Waals surface area contributed by atoms with E-state index in [9.17, 15) is 4.79 Å². The SMILES string of the molecule is CC(C)(C)c1ccc2nnc(C3CCN(C(=O)Nc4nccs4)CC3)n2n1. The first-order valence-electron chi connectivity index (χ1n) is 9.10. The third-order valence-electron chi connectivity index (χ3n) is 4.85. The van der Waals surface area contributed by atoms with Crippen molar-refractivity contribution in [3.63, 3.8) is 0 Å². The highest BCUT2D eigenvalue weighted by Gasteiger charge is 2.28. The van der Waals surface area contributed by atoms with Crippen LogP contribution in [0, 0.1) is 0 Å². The average molecular weight is 385 g/mol. The zero-order valence-corrected chi connectivity index (χ0v) is 16.5. The Kier molecular flexibility index (Phi) is 4.55. The van der Waals surface area contributed by atoms with Gasteiger partial charge < -0.3 is 4.90 Å². The number of aromatic nitrogens is 5. The van der Waals surface area contributed by atoms with Crippen LogP contribution in [0.3, 0.4) is 0 Å². The van der Waals surface area contributed by atoms with E-state index in [1.165, 1.54) is 11.3 Å². The molecular formula is C18H23N7OS. The fraction of sp³-hybridized carbons (Fsp3) is 0.500. The van der Waals surface area contributed by atoms with Gasteiger partial charge in [-0.25, -0.2) is 9.78 Å². The highest BCUT2D eigenvalue weighted by molar-refractivity contribution is 7.13. The molecule has 0 unspecified atom stereocenters. The Morgan fingerprint density at radius 2 is 2.00 bits per heavy atom. The standard InChI is InChI=1S/C18H23N7OS/c1-18(2,3)13-4-5-14-21-22-15(25(14)23-13)12-6-9-24(10-7-12)17(26)20-16-19-8-11-27-16/h4-5,8,11-12H,6-7,9-10H2,1-3H3,(H,19,20,26). The number of hydrogen-bond donors (Lipinski definition) is 1. The van der Waals surface area contributed by atoms with E-state index in [-0.39, 0.29) is 17.4 Å². The second kappa shape index (κ2) is 6.88. The number of carbonyl (C=O) groups excluding carboxylic acids is 1. The summed E-state index contributed by atoms with van der Waals surface area (Å²) in [5.74, 6) is 1.13. The van der Waals surface area contributed by atoms with Crippen molar-refractivity contribution >= 4 is 28.1 Å². The van der Waals surface area contributed by atoms with Crippen LogP contribution in [0.4, 0.5) is 9.93 Å². The fourth-order valence-electron chi connectivity index (χ4n) is 3.26. The number of likely N-dealkylation sites (tertiary alicyclic amines) is 1. The first kappa shape index (κ1) is 17.8. The average Bonchev–Trinajstić information content (AvgIpc) is 3.30. The summed E-state index contributed by atoms with van der Waals surface area (Å²) >= 11 is 1.42. The maximum atomic E-state index is 12.4. The third kappa shape index (κ3) is 3.64. The summed E-state index contributed by atoms with van der Waals surface area (Å²) in [4.78, 5) is 18.3. The number of carbonyl (C=O) groups is 1. The van der Waals surface area contributed by atoms with Gasteiger partial charge in [0.15, 0.2) is 16.6 Å². The van der Waals surface area contributed by atoms with Gasteiger partial charge in [0, 0.05) is 36.0 Å². The molecule has 1 fully saturated rings. The number of piperidine rings is 1. The normalized spacial score (nSPS) is 16.0. The van der Waals surface area contributed by atoms with Crippen molar-refractivity contribution < 1.29 is 4.79 Å². The van der Waals surface area contributed by atoms with Crippen LogP contribution in [-0.2, 0) is 5.41 Å². The topological polar surface area (TPSA) is 88.3 Å². The monoisotopic (exact) mass is 385 g/mol. The predicted octanol–water partition coefficient (Wildman–Crippen LogP) is 3.29. The minimum Gasteiger partial charge on any atom is -0.324 e. The Bertz CT molecular complexity index is 936. The van der Waals surface area contributed by atoms with Gasteiger partial charge in [-0.2, -0.15) is 9.61 Å². The van der Waals surface area contributed by atoms with Crippen molar-refractivity contribution in [2.45, 2.75) is 44.9 Å². The summed E-state index contributed by atoms with van der Waals surface area (Å²) in [6.07, 6.45) is 3.36. The van der Waals surface area contributed by atoms with Gasteiger partial charge >= 0.3 is 6.03 Å². The molecule has 1 aliphatic heterocycles. The molecule has 4 heterocycles. The third-order valence-corrected chi connectivity index (χ3v) is 5.54. The van der Waals surface area contributed by atoms with Crippen molar-refractivity contribution in [2.75, 3.05) is 18.4 Å². The molecule has 9 heteroatoms. The second-order valence-electron chi connectivity index (χ2n) is 7.83. The molecule has 142 valence electrons. The van der Waals surface area contributed by atoms with E-state index >= 15 is 0 Å². The molecule has 2 amide bonds. The lowest BCUT2D eigenvalue weighted by Gasteiger charge is -2.30. The van der Waals surface area contributed by atoms with Gasteiger partial charge in [0.1, 0.15) is 0 Å². The molecule has 1 N–H and O–H groups in total. The van der Waals surface area contributed by atoms with Crippen molar-refractivity contribution in [1.82, 2.24) is 29.7 Å². The van der Waals surface area contributed by atoms with Crippen molar-refractivity contribution in [2.24, 2.45) is 0 Å². The Morgan fingerprint density at radius 1 is 1.22 bits per heavy atom. The largest absolute Gasteiger partial charge is 0.324 e. The van der Waals surface area contributed by atoms with Gasteiger partial charge in [0.2, 0.25) is 0 Å². The van der Waals surface area contributed by atoms with E-state index < -0.39 is 0 Å². The number of fused-ring (bicyclic) bond motifs is 1.